The number of benzene rings is 1. The van der Waals surface area contributed by atoms with Gasteiger partial charge in [0.25, 0.3) is 0 Å². The van der Waals surface area contributed by atoms with E-state index >= 15 is 0 Å². The first-order valence-electron chi connectivity index (χ1n) is 5.04. The minimum absolute atomic E-state index is 0.108. The highest BCUT2D eigenvalue weighted by atomic mass is 16.5. The third kappa shape index (κ3) is 1.50. The topological polar surface area (TPSA) is 55.8 Å². The summed E-state index contributed by atoms with van der Waals surface area (Å²) in [6.45, 7) is 4.60. The highest BCUT2D eigenvalue weighted by molar-refractivity contribution is 5.93. The molecule has 0 spiro atoms. The van der Waals surface area contributed by atoms with Crippen molar-refractivity contribution in [1.29, 1.82) is 0 Å². The summed E-state index contributed by atoms with van der Waals surface area (Å²) in [7, 11) is 1.29. The molecule has 0 aromatic heterocycles. The van der Waals surface area contributed by atoms with Gasteiger partial charge in [-0.2, -0.15) is 0 Å². The molecule has 0 atom stereocenters. The summed E-state index contributed by atoms with van der Waals surface area (Å²) >= 11 is 0. The van der Waals surface area contributed by atoms with Gasteiger partial charge in [0, 0.05) is 17.0 Å². The van der Waals surface area contributed by atoms with E-state index < -0.39 is 5.97 Å². The molecule has 4 heteroatoms. The van der Waals surface area contributed by atoms with Gasteiger partial charge in [-0.25, -0.2) is 4.79 Å². The van der Waals surface area contributed by atoms with Crippen LogP contribution in [0.4, 0.5) is 0 Å². The second-order valence-corrected chi connectivity index (χ2v) is 4.53. The standard InChI is InChI=1S/C12H14O4/c1-12(2)6-16-10-5-9(13)7(4-8(10)12)11(14)15-3/h4-5,13H,6H2,1-3H3. The number of hydrogen-bond donors (Lipinski definition) is 1. The van der Waals surface area contributed by atoms with Crippen LogP contribution < -0.4 is 4.74 Å². The van der Waals surface area contributed by atoms with Crippen LogP contribution in [-0.2, 0) is 10.2 Å². The molecule has 2 rings (SSSR count). The summed E-state index contributed by atoms with van der Waals surface area (Å²) in [6, 6.07) is 3.11. The predicted octanol–water partition coefficient (Wildman–Crippen LogP) is 1.85. The highest BCUT2D eigenvalue weighted by Gasteiger charge is 2.33. The molecule has 0 amide bonds. The lowest BCUT2D eigenvalue weighted by molar-refractivity contribution is 0.0597. The van der Waals surface area contributed by atoms with E-state index in [0.717, 1.165) is 5.56 Å². The Balaban J connectivity index is 2.56. The van der Waals surface area contributed by atoms with Crippen molar-refractivity contribution in [3.8, 4) is 11.5 Å². The van der Waals surface area contributed by atoms with Crippen molar-refractivity contribution < 1.29 is 19.4 Å². The summed E-state index contributed by atoms with van der Waals surface area (Å²) in [5.74, 6) is -0.0125. The molecule has 86 valence electrons. The Labute approximate surface area is 93.8 Å². The minimum Gasteiger partial charge on any atom is -0.507 e. The predicted molar refractivity (Wildman–Crippen MR) is 58.0 cm³/mol. The molecule has 1 aromatic rings. The fourth-order valence-electron chi connectivity index (χ4n) is 1.83. The number of aromatic hydroxyl groups is 1. The SMILES string of the molecule is COC(=O)c1cc2c(cc1O)OCC2(C)C. The van der Waals surface area contributed by atoms with Crippen LogP contribution in [0.2, 0.25) is 0 Å². The summed E-state index contributed by atoms with van der Waals surface area (Å²) < 4.78 is 10.1. The van der Waals surface area contributed by atoms with Crippen molar-refractivity contribution in [3.63, 3.8) is 0 Å². The van der Waals surface area contributed by atoms with E-state index in [0.29, 0.717) is 12.4 Å². The maximum absolute atomic E-state index is 11.4. The average Bonchev–Trinajstić information content (AvgIpc) is 2.52. The molecule has 1 N–H and O–H groups in total. The van der Waals surface area contributed by atoms with Crippen molar-refractivity contribution in [3.05, 3.63) is 23.3 Å². The number of hydrogen-bond acceptors (Lipinski definition) is 4. The Hall–Kier alpha value is -1.71. The van der Waals surface area contributed by atoms with E-state index in [1.54, 1.807) is 6.07 Å². The lowest BCUT2D eigenvalue weighted by Crippen LogP contribution is -2.18. The van der Waals surface area contributed by atoms with Crippen LogP contribution in [-0.4, -0.2) is 24.8 Å². The van der Waals surface area contributed by atoms with Gasteiger partial charge in [-0.05, 0) is 6.07 Å². The maximum Gasteiger partial charge on any atom is 0.341 e. The van der Waals surface area contributed by atoms with Crippen LogP contribution in [0.1, 0.15) is 29.8 Å². The number of rotatable bonds is 1. The van der Waals surface area contributed by atoms with E-state index in [4.69, 9.17) is 4.74 Å². The van der Waals surface area contributed by atoms with Crippen molar-refractivity contribution in [2.45, 2.75) is 19.3 Å². The number of carbonyl (C=O) groups excluding carboxylic acids is 1. The zero-order chi connectivity index (χ0) is 11.9. The Kier molecular flexibility index (Phi) is 2.30. The van der Waals surface area contributed by atoms with Gasteiger partial charge in [-0.3, -0.25) is 0 Å². The van der Waals surface area contributed by atoms with E-state index in [9.17, 15) is 9.90 Å². The Morgan fingerprint density at radius 1 is 1.50 bits per heavy atom. The minimum atomic E-state index is -0.539. The molecule has 1 aliphatic heterocycles. The van der Waals surface area contributed by atoms with E-state index in [-0.39, 0.29) is 16.7 Å². The monoisotopic (exact) mass is 222 g/mol. The van der Waals surface area contributed by atoms with E-state index in [1.807, 2.05) is 13.8 Å². The van der Waals surface area contributed by atoms with Gasteiger partial charge < -0.3 is 14.6 Å². The van der Waals surface area contributed by atoms with Crippen molar-refractivity contribution >= 4 is 5.97 Å². The Morgan fingerprint density at radius 3 is 2.81 bits per heavy atom. The number of phenols is 1. The zero-order valence-electron chi connectivity index (χ0n) is 9.53. The maximum atomic E-state index is 11.4. The number of carbonyl (C=O) groups is 1. The molecule has 0 saturated heterocycles. The van der Waals surface area contributed by atoms with Crippen LogP contribution in [0.3, 0.4) is 0 Å². The van der Waals surface area contributed by atoms with Crippen LogP contribution in [0.5, 0.6) is 11.5 Å². The third-order valence-electron chi connectivity index (χ3n) is 2.82. The fourth-order valence-corrected chi connectivity index (χ4v) is 1.83. The second kappa shape index (κ2) is 3.40. The van der Waals surface area contributed by atoms with E-state index in [1.165, 1.54) is 13.2 Å². The summed E-state index contributed by atoms with van der Waals surface area (Å²) in [5, 5.41) is 9.67. The van der Waals surface area contributed by atoms with Crippen molar-refractivity contribution in [2.24, 2.45) is 0 Å². The number of phenolic OH excluding ortho intramolecular Hbond substituents is 1. The van der Waals surface area contributed by atoms with Crippen LogP contribution in [0.25, 0.3) is 0 Å². The Bertz CT molecular complexity index is 449. The van der Waals surface area contributed by atoms with Crippen LogP contribution in [0, 0.1) is 0 Å². The normalized spacial score (nSPS) is 16.4. The number of ether oxygens (including phenoxy) is 2. The molecular formula is C12H14O4. The third-order valence-corrected chi connectivity index (χ3v) is 2.82. The van der Waals surface area contributed by atoms with Crippen molar-refractivity contribution in [1.82, 2.24) is 0 Å². The molecule has 1 aliphatic rings. The molecule has 0 bridgehead atoms. The lowest BCUT2D eigenvalue weighted by atomic mass is 9.86. The molecule has 16 heavy (non-hydrogen) atoms. The first-order chi connectivity index (χ1) is 7.45. The summed E-state index contributed by atoms with van der Waals surface area (Å²) in [5.41, 5.74) is 0.955. The summed E-state index contributed by atoms with van der Waals surface area (Å²) in [6.07, 6.45) is 0. The van der Waals surface area contributed by atoms with Gasteiger partial charge in [-0.1, -0.05) is 13.8 Å². The molecule has 4 nitrogen and oxygen atoms in total. The highest BCUT2D eigenvalue weighted by Crippen LogP contribution is 2.41. The molecule has 1 heterocycles. The second-order valence-electron chi connectivity index (χ2n) is 4.53. The lowest BCUT2D eigenvalue weighted by Gasteiger charge is -2.15. The first kappa shape index (κ1) is 10.8. The van der Waals surface area contributed by atoms with E-state index in [2.05, 4.69) is 4.74 Å². The largest absolute Gasteiger partial charge is 0.507 e. The molecular weight excluding hydrogens is 208 g/mol. The quantitative estimate of drug-likeness (QED) is 0.737. The van der Waals surface area contributed by atoms with Gasteiger partial charge >= 0.3 is 5.97 Å². The zero-order valence-corrected chi connectivity index (χ0v) is 9.53. The molecule has 0 fully saturated rings. The first-order valence-corrected chi connectivity index (χ1v) is 5.04. The molecule has 1 aromatic carbocycles. The van der Waals surface area contributed by atoms with Gasteiger partial charge in [0.15, 0.2) is 0 Å². The van der Waals surface area contributed by atoms with Crippen molar-refractivity contribution in [2.75, 3.05) is 13.7 Å². The number of methoxy groups -OCH3 is 1. The van der Waals surface area contributed by atoms with Crippen LogP contribution >= 0.6 is 0 Å². The molecule has 0 radical (unpaired) electrons. The van der Waals surface area contributed by atoms with Crippen LogP contribution in [0.15, 0.2) is 12.1 Å². The average molecular weight is 222 g/mol. The molecule has 0 aliphatic carbocycles. The molecule has 0 unspecified atom stereocenters. The van der Waals surface area contributed by atoms with Gasteiger partial charge in [0.05, 0.1) is 13.7 Å². The Morgan fingerprint density at radius 2 is 2.19 bits per heavy atom. The number of esters is 1. The molecule has 0 saturated carbocycles. The van der Waals surface area contributed by atoms with Gasteiger partial charge in [-0.15, -0.1) is 0 Å². The fraction of sp³-hybridized carbons (Fsp3) is 0.417. The van der Waals surface area contributed by atoms with Gasteiger partial charge in [0.1, 0.15) is 17.1 Å². The smallest absolute Gasteiger partial charge is 0.341 e. The summed E-state index contributed by atoms with van der Waals surface area (Å²) in [4.78, 5) is 11.4. The van der Waals surface area contributed by atoms with Gasteiger partial charge in [0.2, 0.25) is 0 Å². The number of fused-ring (bicyclic) bond motifs is 1.